The quantitative estimate of drug-likeness (QED) is 0.778. The zero-order valence-electron chi connectivity index (χ0n) is 12.7. The third kappa shape index (κ3) is 4.25. The Morgan fingerprint density at radius 1 is 1.14 bits per heavy atom. The topological polar surface area (TPSA) is 48.0 Å². The van der Waals surface area contributed by atoms with Crippen LogP contribution in [0.3, 0.4) is 0 Å². The van der Waals surface area contributed by atoms with E-state index in [1.54, 1.807) is 14.2 Å². The number of esters is 1. The van der Waals surface area contributed by atoms with E-state index in [4.69, 9.17) is 9.47 Å². The van der Waals surface area contributed by atoms with Gasteiger partial charge in [-0.1, -0.05) is 0 Å². The van der Waals surface area contributed by atoms with Gasteiger partial charge in [0.15, 0.2) is 11.5 Å². The minimum atomic E-state index is -0.164. The largest absolute Gasteiger partial charge is 0.493 e. The zero-order valence-corrected chi connectivity index (χ0v) is 13.5. The minimum absolute atomic E-state index is 0. The van der Waals surface area contributed by atoms with Crippen molar-refractivity contribution in [2.45, 2.75) is 19.4 Å². The Labute approximate surface area is 131 Å². The van der Waals surface area contributed by atoms with Gasteiger partial charge in [0, 0.05) is 19.6 Å². The summed E-state index contributed by atoms with van der Waals surface area (Å²) in [4.78, 5) is 13.5. The maximum absolute atomic E-state index is 11.2. The molecule has 1 aromatic rings. The second kappa shape index (κ2) is 8.10. The Morgan fingerprint density at radius 3 is 2.33 bits per heavy atom. The van der Waals surface area contributed by atoms with Crippen molar-refractivity contribution in [3.63, 3.8) is 0 Å². The Morgan fingerprint density at radius 2 is 1.76 bits per heavy atom. The van der Waals surface area contributed by atoms with E-state index in [2.05, 4.69) is 9.64 Å². The third-order valence-corrected chi connectivity index (χ3v) is 3.66. The van der Waals surface area contributed by atoms with Gasteiger partial charge in [0.2, 0.25) is 0 Å². The van der Waals surface area contributed by atoms with Crippen LogP contribution in [-0.2, 0) is 22.5 Å². The van der Waals surface area contributed by atoms with Crippen LogP contribution in [-0.4, -0.2) is 45.3 Å². The highest BCUT2D eigenvalue weighted by Gasteiger charge is 2.19. The second-order valence-electron chi connectivity index (χ2n) is 4.83. The van der Waals surface area contributed by atoms with E-state index in [0.29, 0.717) is 6.42 Å². The molecule has 1 heterocycles. The molecule has 0 aliphatic carbocycles. The van der Waals surface area contributed by atoms with E-state index < -0.39 is 0 Å². The molecule has 0 unspecified atom stereocenters. The molecule has 1 aliphatic rings. The lowest BCUT2D eigenvalue weighted by atomic mass is 9.98. The van der Waals surface area contributed by atoms with Crippen molar-refractivity contribution in [3.8, 4) is 11.5 Å². The molecule has 0 saturated carbocycles. The molecule has 5 nitrogen and oxygen atoms in total. The number of carbonyl (C=O) groups excluding carboxylic acids is 1. The van der Waals surface area contributed by atoms with Crippen molar-refractivity contribution in [1.82, 2.24) is 4.90 Å². The fourth-order valence-corrected chi connectivity index (χ4v) is 2.48. The highest BCUT2D eigenvalue weighted by atomic mass is 35.5. The number of rotatable bonds is 5. The molecule has 0 fully saturated rings. The lowest BCUT2D eigenvalue weighted by Gasteiger charge is -2.29. The predicted octanol–water partition coefficient (Wildman–Crippen LogP) is 2.05. The Kier molecular flexibility index (Phi) is 6.78. The molecule has 21 heavy (non-hydrogen) atoms. The van der Waals surface area contributed by atoms with E-state index in [1.807, 2.05) is 12.1 Å². The van der Waals surface area contributed by atoms with Gasteiger partial charge in [-0.15, -0.1) is 12.4 Å². The van der Waals surface area contributed by atoms with E-state index in [-0.39, 0.29) is 18.4 Å². The van der Waals surface area contributed by atoms with Gasteiger partial charge >= 0.3 is 5.97 Å². The average Bonchev–Trinajstić information content (AvgIpc) is 2.50. The van der Waals surface area contributed by atoms with Crippen LogP contribution in [0.25, 0.3) is 0 Å². The van der Waals surface area contributed by atoms with Crippen LogP contribution in [0.1, 0.15) is 17.5 Å². The first-order valence-corrected chi connectivity index (χ1v) is 6.71. The molecular formula is C15H22ClNO4. The molecule has 0 atom stereocenters. The summed E-state index contributed by atoms with van der Waals surface area (Å²) in [7, 11) is 4.71. The van der Waals surface area contributed by atoms with Gasteiger partial charge in [0.1, 0.15) is 0 Å². The number of hydrogen-bond acceptors (Lipinski definition) is 5. The summed E-state index contributed by atoms with van der Waals surface area (Å²) in [6.45, 7) is 2.49. The summed E-state index contributed by atoms with van der Waals surface area (Å²) in [6, 6.07) is 4.07. The van der Waals surface area contributed by atoms with E-state index >= 15 is 0 Å². The van der Waals surface area contributed by atoms with Crippen molar-refractivity contribution in [1.29, 1.82) is 0 Å². The number of fused-ring (bicyclic) bond motifs is 1. The molecule has 0 amide bonds. The number of ether oxygens (including phenoxy) is 3. The molecule has 6 heteroatoms. The van der Waals surface area contributed by atoms with Crippen LogP contribution in [0.4, 0.5) is 0 Å². The number of hydrogen-bond donors (Lipinski definition) is 0. The van der Waals surface area contributed by atoms with Crippen molar-refractivity contribution < 1.29 is 19.0 Å². The van der Waals surface area contributed by atoms with Crippen molar-refractivity contribution >= 4 is 18.4 Å². The van der Waals surface area contributed by atoms with Crippen LogP contribution >= 0.6 is 12.4 Å². The van der Waals surface area contributed by atoms with Crippen LogP contribution in [0, 0.1) is 0 Å². The van der Waals surface area contributed by atoms with E-state index in [1.165, 1.54) is 18.2 Å². The van der Waals surface area contributed by atoms with Crippen molar-refractivity contribution in [2.24, 2.45) is 0 Å². The van der Waals surface area contributed by atoms with Crippen LogP contribution in [0.2, 0.25) is 0 Å². The number of nitrogens with zero attached hydrogens (tertiary/aromatic N) is 1. The molecule has 118 valence electrons. The molecule has 0 spiro atoms. The lowest BCUT2D eigenvalue weighted by Crippen LogP contribution is -2.32. The average molecular weight is 316 g/mol. The minimum Gasteiger partial charge on any atom is -0.493 e. The standard InChI is InChI=1S/C15H21NO4.ClH/c1-18-13-8-11-4-6-16(7-5-15(17)20-3)10-12(11)9-14(13)19-2;/h8-9H,4-7,10H2,1-3H3;1H. The fourth-order valence-electron chi connectivity index (χ4n) is 2.48. The first-order chi connectivity index (χ1) is 9.67. The third-order valence-electron chi connectivity index (χ3n) is 3.66. The molecule has 2 rings (SSSR count). The second-order valence-corrected chi connectivity index (χ2v) is 4.83. The summed E-state index contributed by atoms with van der Waals surface area (Å²) >= 11 is 0. The van der Waals surface area contributed by atoms with Gasteiger partial charge in [-0.2, -0.15) is 0 Å². The molecule has 0 aromatic heterocycles. The Balaban J connectivity index is 0.00000220. The smallest absolute Gasteiger partial charge is 0.306 e. The van der Waals surface area contributed by atoms with E-state index in [0.717, 1.165) is 37.6 Å². The summed E-state index contributed by atoms with van der Waals surface area (Å²) in [6.07, 6.45) is 1.38. The molecule has 0 radical (unpaired) electrons. The number of methoxy groups -OCH3 is 3. The van der Waals surface area contributed by atoms with Crippen molar-refractivity contribution in [2.75, 3.05) is 34.4 Å². The summed E-state index contributed by atoms with van der Waals surface area (Å²) in [5, 5.41) is 0. The van der Waals surface area contributed by atoms with Crippen molar-refractivity contribution in [3.05, 3.63) is 23.3 Å². The van der Waals surface area contributed by atoms with Crippen LogP contribution < -0.4 is 9.47 Å². The normalized spacial score (nSPS) is 13.9. The van der Waals surface area contributed by atoms with Gasteiger partial charge < -0.3 is 14.2 Å². The summed E-state index contributed by atoms with van der Waals surface area (Å²) in [5.74, 6) is 1.36. The lowest BCUT2D eigenvalue weighted by molar-refractivity contribution is -0.141. The monoisotopic (exact) mass is 315 g/mol. The van der Waals surface area contributed by atoms with Crippen LogP contribution in [0.5, 0.6) is 11.5 Å². The SMILES string of the molecule is COC(=O)CCN1CCc2cc(OC)c(OC)cc2C1.Cl. The van der Waals surface area contributed by atoms with Crippen LogP contribution in [0.15, 0.2) is 12.1 Å². The summed E-state index contributed by atoms with van der Waals surface area (Å²) in [5.41, 5.74) is 2.52. The molecule has 1 aromatic carbocycles. The number of carbonyl (C=O) groups is 1. The fraction of sp³-hybridized carbons (Fsp3) is 0.533. The van der Waals surface area contributed by atoms with Gasteiger partial charge in [-0.3, -0.25) is 9.69 Å². The highest BCUT2D eigenvalue weighted by Crippen LogP contribution is 2.33. The molecule has 0 saturated heterocycles. The molecule has 0 N–H and O–H groups in total. The zero-order chi connectivity index (χ0) is 14.5. The first kappa shape index (κ1) is 17.6. The maximum Gasteiger partial charge on any atom is 0.306 e. The van der Waals surface area contributed by atoms with Gasteiger partial charge in [-0.25, -0.2) is 0 Å². The van der Waals surface area contributed by atoms with Gasteiger partial charge in [0.25, 0.3) is 0 Å². The highest BCUT2D eigenvalue weighted by molar-refractivity contribution is 5.85. The predicted molar refractivity (Wildman–Crippen MR) is 82.4 cm³/mol. The summed E-state index contributed by atoms with van der Waals surface area (Å²) < 4.78 is 15.3. The van der Waals surface area contributed by atoms with Gasteiger partial charge in [0.05, 0.1) is 27.8 Å². The number of halogens is 1. The first-order valence-electron chi connectivity index (χ1n) is 6.71. The molecular weight excluding hydrogens is 294 g/mol. The molecule has 1 aliphatic heterocycles. The Hall–Kier alpha value is -1.46. The Bertz CT molecular complexity index is 493. The number of benzene rings is 1. The van der Waals surface area contributed by atoms with Gasteiger partial charge in [-0.05, 0) is 29.7 Å². The van der Waals surface area contributed by atoms with E-state index in [9.17, 15) is 4.79 Å². The maximum atomic E-state index is 11.2. The molecule has 0 bridgehead atoms.